The summed E-state index contributed by atoms with van der Waals surface area (Å²) in [6, 6.07) is 0. The second kappa shape index (κ2) is 3.33. The third-order valence-corrected chi connectivity index (χ3v) is 3.02. The fourth-order valence-corrected chi connectivity index (χ4v) is 1.64. The Kier molecular flexibility index (Phi) is 3.37. The molecule has 2 nitrogen and oxygen atoms in total. The lowest BCUT2D eigenvalue weighted by molar-refractivity contribution is 0.408. The molecule has 0 aliphatic heterocycles. The van der Waals surface area contributed by atoms with E-state index >= 15 is 0 Å². The third-order valence-electron chi connectivity index (χ3n) is 1.39. The van der Waals surface area contributed by atoms with Gasteiger partial charge in [-0.15, -0.1) is 0 Å². The summed E-state index contributed by atoms with van der Waals surface area (Å²) in [6.07, 6.45) is 0.863. The van der Waals surface area contributed by atoms with Gasteiger partial charge in [0.25, 0.3) is 0 Å². The lowest BCUT2D eigenvalue weighted by atomic mass is 10.3. The maximum atomic E-state index is 12.2. The van der Waals surface area contributed by atoms with Crippen LogP contribution in [-0.4, -0.2) is 10.6 Å². The first kappa shape index (κ1) is 9.12. The monoisotopic (exact) mass is 154 g/mol. The van der Waals surface area contributed by atoms with Crippen LogP contribution in [0, 0.1) is 0 Å². The van der Waals surface area contributed by atoms with Crippen LogP contribution < -0.4 is 0 Å². The van der Waals surface area contributed by atoms with Crippen LogP contribution in [-0.2, 0) is 4.57 Å². The van der Waals surface area contributed by atoms with Crippen LogP contribution in [0.4, 0.5) is 4.20 Å². The third kappa shape index (κ3) is 2.97. The molecule has 0 aliphatic carbocycles. The summed E-state index contributed by atoms with van der Waals surface area (Å²) in [5.41, 5.74) is -0.655. The minimum Gasteiger partial charge on any atom is -0.321 e. The number of hydrogen-bond donors (Lipinski definition) is 1. The van der Waals surface area contributed by atoms with Crippen LogP contribution in [0.1, 0.15) is 26.7 Å². The Morgan fingerprint density at radius 2 is 1.89 bits per heavy atom. The van der Waals surface area contributed by atoms with E-state index < -0.39 is 13.3 Å². The molecular formula is C5H12FO2P. The van der Waals surface area contributed by atoms with Gasteiger partial charge in [-0.1, -0.05) is 13.8 Å². The van der Waals surface area contributed by atoms with Crippen molar-refractivity contribution >= 4 is 7.68 Å². The molecule has 1 N–H and O–H groups in total. The molecule has 0 aliphatic rings. The van der Waals surface area contributed by atoms with Gasteiger partial charge in [-0.25, -0.2) is 0 Å². The largest absolute Gasteiger partial charge is 0.368 e. The fourth-order valence-electron chi connectivity index (χ4n) is 0.739. The highest BCUT2D eigenvalue weighted by Crippen LogP contribution is 2.50. The van der Waals surface area contributed by atoms with Gasteiger partial charge >= 0.3 is 7.68 Å². The van der Waals surface area contributed by atoms with Gasteiger partial charge in [0.05, 0.1) is 5.66 Å². The maximum Gasteiger partial charge on any atom is 0.368 e. The molecule has 0 rings (SSSR count). The van der Waals surface area contributed by atoms with Crippen LogP contribution >= 0.6 is 7.68 Å². The Labute approximate surface area is 54.7 Å². The van der Waals surface area contributed by atoms with Crippen LogP contribution in [0.15, 0.2) is 0 Å². The predicted molar refractivity (Wildman–Crippen MR) is 35.3 cm³/mol. The molecule has 4 heteroatoms. The van der Waals surface area contributed by atoms with Crippen LogP contribution in [0.5, 0.6) is 0 Å². The van der Waals surface area contributed by atoms with E-state index in [1.807, 2.05) is 0 Å². The van der Waals surface area contributed by atoms with Crippen molar-refractivity contribution in [3.8, 4) is 0 Å². The summed E-state index contributed by atoms with van der Waals surface area (Å²) in [6.45, 7) is 3.41. The molecule has 0 fully saturated rings. The molecule has 0 amide bonds. The van der Waals surface area contributed by atoms with Crippen molar-refractivity contribution in [2.24, 2.45) is 0 Å². The summed E-state index contributed by atoms with van der Waals surface area (Å²) in [5.74, 6) is 0. The average Bonchev–Trinajstić information content (AvgIpc) is 1.65. The number of rotatable bonds is 3. The quantitative estimate of drug-likeness (QED) is 0.633. The Morgan fingerprint density at radius 3 is 1.89 bits per heavy atom. The maximum absolute atomic E-state index is 12.2. The average molecular weight is 154 g/mol. The molecule has 0 aromatic rings. The molecule has 0 heterocycles. The van der Waals surface area contributed by atoms with Crippen molar-refractivity contribution in [3.05, 3.63) is 0 Å². The minimum atomic E-state index is -4.28. The van der Waals surface area contributed by atoms with E-state index in [1.54, 1.807) is 13.8 Å². The van der Waals surface area contributed by atoms with E-state index in [-0.39, 0.29) is 0 Å². The van der Waals surface area contributed by atoms with E-state index in [4.69, 9.17) is 4.89 Å². The zero-order valence-electron chi connectivity index (χ0n) is 5.67. The van der Waals surface area contributed by atoms with E-state index in [2.05, 4.69) is 0 Å². The topological polar surface area (TPSA) is 37.3 Å². The molecule has 0 aromatic heterocycles. The molecule has 0 radical (unpaired) electrons. The summed E-state index contributed by atoms with van der Waals surface area (Å²) in [4.78, 5) is 8.37. The molecule has 56 valence electrons. The molecule has 0 aromatic carbocycles. The van der Waals surface area contributed by atoms with Gasteiger partial charge in [-0.2, -0.15) is 4.20 Å². The van der Waals surface area contributed by atoms with Crippen molar-refractivity contribution in [1.82, 2.24) is 0 Å². The predicted octanol–water partition coefficient (Wildman–Crippen LogP) is 2.33. The molecule has 0 saturated heterocycles. The fraction of sp³-hybridized carbons (Fsp3) is 1.00. The summed E-state index contributed by atoms with van der Waals surface area (Å²) in [7, 11) is -4.28. The van der Waals surface area contributed by atoms with Gasteiger partial charge in [0.15, 0.2) is 0 Å². The van der Waals surface area contributed by atoms with Crippen molar-refractivity contribution in [3.63, 3.8) is 0 Å². The van der Waals surface area contributed by atoms with Gasteiger partial charge in [0, 0.05) is 0 Å². The Bertz CT molecular complexity index is 116. The molecule has 9 heavy (non-hydrogen) atoms. The SMILES string of the molecule is CCC(CC)P(=O)(O)F. The highest BCUT2D eigenvalue weighted by molar-refractivity contribution is 7.53. The van der Waals surface area contributed by atoms with E-state index in [0.717, 1.165) is 0 Å². The molecule has 0 bridgehead atoms. The van der Waals surface area contributed by atoms with Crippen LogP contribution in [0.3, 0.4) is 0 Å². The summed E-state index contributed by atoms with van der Waals surface area (Å²) >= 11 is 0. The first-order valence-corrected chi connectivity index (χ1v) is 4.66. The first-order chi connectivity index (χ1) is 4.02. The second-order valence-electron chi connectivity index (χ2n) is 2.02. The van der Waals surface area contributed by atoms with Crippen LogP contribution in [0.2, 0.25) is 0 Å². The molecule has 1 unspecified atom stereocenters. The first-order valence-electron chi connectivity index (χ1n) is 3.04. The normalized spacial score (nSPS) is 17.9. The van der Waals surface area contributed by atoms with Gasteiger partial charge in [-0.05, 0) is 12.8 Å². The van der Waals surface area contributed by atoms with Crippen molar-refractivity contribution in [1.29, 1.82) is 0 Å². The zero-order chi connectivity index (χ0) is 7.49. The van der Waals surface area contributed by atoms with Crippen molar-refractivity contribution in [2.45, 2.75) is 32.3 Å². The second-order valence-corrected chi connectivity index (χ2v) is 3.83. The molecule has 0 spiro atoms. The summed E-state index contributed by atoms with van der Waals surface area (Å²) < 4.78 is 22.4. The van der Waals surface area contributed by atoms with E-state index in [0.29, 0.717) is 12.8 Å². The number of halogens is 1. The van der Waals surface area contributed by atoms with Crippen LogP contribution in [0.25, 0.3) is 0 Å². The Morgan fingerprint density at radius 1 is 1.56 bits per heavy atom. The van der Waals surface area contributed by atoms with Crippen molar-refractivity contribution in [2.75, 3.05) is 0 Å². The molecule has 0 saturated carbocycles. The Hall–Kier alpha value is 0.120. The van der Waals surface area contributed by atoms with E-state index in [9.17, 15) is 8.76 Å². The minimum absolute atomic E-state index is 0.431. The number of hydrogen-bond acceptors (Lipinski definition) is 1. The van der Waals surface area contributed by atoms with Gasteiger partial charge in [-0.3, -0.25) is 4.57 Å². The highest BCUT2D eigenvalue weighted by Gasteiger charge is 2.26. The van der Waals surface area contributed by atoms with Gasteiger partial charge < -0.3 is 4.89 Å². The van der Waals surface area contributed by atoms with Gasteiger partial charge in [0.2, 0.25) is 0 Å². The summed E-state index contributed by atoms with van der Waals surface area (Å²) in [5, 5.41) is 0. The Balaban J connectivity index is 3.96. The molecule has 1 atom stereocenters. The van der Waals surface area contributed by atoms with E-state index in [1.165, 1.54) is 0 Å². The lowest BCUT2D eigenvalue weighted by Gasteiger charge is -2.10. The molecular weight excluding hydrogens is 142 g/mol. The van der Waals surface area contributed by atoms with Crippen molar-refractivity contribution < 1.29 is 13.7 Å². The lowest BCUT2D eigenvalue weighted by Crippen LogP contribution is -2.01. The smallest absolute Gasteiger partial charge is 0.321 e. The van der Waals surface area contributed by atoms with Gasteiger partial charge in [0.1, 0.15) is 0 Å². The standard InChI is InChI=1S/C5H12FO2P/c1-3-5(4-2)9(6,7)8/h5H,3-4H2,1-2H3,(H,7,8). The highest BCUT2D eigenvalue weighted by atomic mass is 31.2. The zero-order valence-corrected chi connectivity index (χ0v) is 6.57.